The van der Waals surface area contributed by atoms with E-state index in [0.29, 0.717) is 18.4 Å². The molecule has 3 unspecified atom stereocenters. The monoisotopic (exact) mass is 222 g/mol. The van der Waals surface area contributed by atoms with Gasteiger partial charge in [-0.15, -0.1) is 0 Å². The summed E-state index contributed by atoms with van der Waals surface area (Å²) in [5.41, 5.74) is 0.117. The second kappa shape index (κ2) is 5.20. The fourth-order valence-electron chi connectivity index (χ4n) is 2.63. The van der Waals surface area contributed by atoms with E-state index in [1.54, 1.807) is 12.2 Å². The number of nitrogens with zero attached hydrogens (tertiary/aromatic N) is 2. The largest absolute Gasteiger partial charge is 0.235 e. The molecule has 0 bridgehead atoms. The molecule has 0 N–H and O–H groups in total. The number of hydrogen-bond acceptors (Lipinski definition) is 4. The van der Waals surface area contributed by atoms with E-state index in [4.69, 9.17) is 0 Å². The molecule has 1 aliphatic rings. The molecule has 0 aromatic heterocycles. The average molecular weight is 222 g/mol. The van der Waals surface area contributed by atoms with Crippen molar-refractivity contribution in [3.8, 4) is 0 Å². The van der Waals surface area contributed by atoms with Gasteiger partial charge in [-0.25, -0.2) is 19.6 Å². The molecule has 1 rings (SSSR count). The van der Waals surface area contributed by atoms with E-state index in [1.807, 2.05) is 0 Å². The second-order valence-electron chi connectivity index (χ2n) is 5.28. The quantitative estimate of drug-likeness (QED) is 0.542. The Hall–Kier alpha value is -1.24. The van der Waals surface area contributed by atoms with Gasteiger partial charge >= 0.3 is 0 Å². The van der Waals surface area contributed by atoms with E-state index in [2.05, 4.69) is 30.8 Å². The summed E-state index contributed by atoms with van der Waals surface area (Å²) >= 11 is 0. The van der Waals surface area contributed by atoms with Gasteiger partial charge in [0.15, 0.2) is 0 Å². The summed E-state index contributed by atoms with van der Waals surface area (Å²) in [4.78, 5) is 27.9. The zero-order valence-corrected chi connectivity index (χ0v) is 10.1. The summed E-state index contributed by atoms with van der Waals surface area (Å²) in [5.74, 6) is 0.759. The van der Waals surface area contributed by atoms with Gasteiger partial charge < -0.3 is 0 Å². The summed E-state index contributed by atoms with van der Waals surface area (Å²) in [5, 5.41) is 0. The molecule has 1 saturated carbocycles. The Morgan fingerprint density at radius 1 is 1.31 bits per heavy atom. The zero-order valence-electron chi connectivity index (χ0n) is 10.1. The average Bonchev–Trinajstić information content (AvgIpc) is 2.21. The van der Waals surface area contributed by atoms with Crippen molar-refractivity contribution in [3.63, 3.8) is 0 Å². The third kappa shape index (κ3) is 2.88. The minimum absolute atomic E-state index is 0.0237. The van der Waals surface area contributed by atoms with Crippen LogP contribution in [-0.4, -0.2) is 24.7 Å². The van der Waals surface area contributed by atoms with Crippen molar-refractivity contribution in [2.75, 3.05) is 6.54 Å². The minimum atomic E-state index is 0.0237. The van der Waals surface area contributed by atoms with Gasteiger partial charge in [0.05, 0.1) is 12.6 Å². The maximum Gasteiger partial charge on any atom is 0.235 e. The van der Waals surface area contributed by atoms with Gasteiger partial charge in [0, 0.05) is 0 Å². The Bertz CT molecular complexity index is 339. The number of hydrogen-bond donors (Lipinski definition) is 0. The third-order valence-corrected chi connectivity index (χ3v) is 3.90. The number of aliphatic imine (C=N–C) groups is 2. The smallest absolute Gasteiger partial charge is 0.211 e. The van der Waals surface area contributed by atoms with Crippen molar-refractivity contribution in [2.24, 2.45) is 27.2 Å². The summed E-state index contributed by atoms with van der Waals surface area (Å²) in [7, 11) is 0. The van der Waals surface area contributed by atoms with E-state index in [9.17, 15) is 9.59 Å². The number of isocyanates is 2. The molecule has 88 valence electrons. The summed E-state index contributed by atoms with van der Waals surface area (Å²) < 4.78 is 0. The van der Waals surface area contributed by atoms with E-state index in [1.165, 1.54) is 0 Å². The molecule has 0 aliphatic heterocycles. The molecular weight excluding hydrogens is 204 g/mol. The van der Waals surface area contributed by atoms with E-state index in [-0.39, 0.29) is 11.5 Å². The highest BCUT2D eigenvalue weighted by Gasteiger charge is 2.40. The summed E-state index contributed by atoms with van der Waals surface area (Å²) in [6.07, 6.45) is 4.91. The van der Waals surface area contributed by atoms with Crippen LogP contribution in [0.2, 0.25) is 0 Å². The zero-order chi connectivity index (χ0) is 12.2. The standard InChI is InChI=1S/C12H18N2O2/c1-9-10(6-13-7-15)4-11(14-8-16)5-12(9,2)3/h9-11H,4-6H2,1-3H3. The van der Waals surface area contributed by atoms with Gasteiger partial charge in [-0.3, -0.25) is 0 Å². The van der Waals surface area contributed by atoms with Crippen LogP contribution in [0, 0.1) is 17.3 Å². The fraction of sp³-hybridized carbons (Fsp3) is 0.833. The molecule has 0 aromatic rings. The van der Waals surface area contributed by atoms with Crippen LogP contribution in [-0.2, 0) is 9.59 Å². The topological polar surface area (TPSA) is 58.9 Å². The molecule has 4 nitrogen and oxygen atoms in total. The molecular formula is C12H18N2O2. The Balaban J connectivity index is 2.82. The lowest BCUT2D eigenvalue weighted by molar-refractivity contribution is 0.0805. The van der Waals surface area contributed by atoms with Gasteiger partial charge in [-0.1, -0.05) is 20.8 Å². The molecule has 1 fully saturated rings. The van der Waals surface area contributed by atoms with E-state index in [0.717, 1.165) is 12.8 Å². The number of rotatable bonds is 3. The Labute approximate surface area is 95.9 Å². The Kier molecular flexibility index (Phi) is 4.17. The molecule has 0 heterocycles. The normalized spacial score (nSPS) is 32.3. The van der Waals surface area contributed by atoms with Crippen LogP contribution < -0.4 is 0 Å². The van der Waals surface area contributed by atoms with Gasteiger partial charge in [-0.2, -0.15) is 0 Å². The van der Waals surface area contributed by atoms with Crippen molar-refractivity contribution in [3.05, 3.63) is 0 Å². The first-order valence-electron chi connectivity index (χ1n) is 5.62. The van der Waals surface area contributed by atoms with Crippen LogP contribution in [0.5, 0.6) is 0 Å². The molecule has 0 radical (unpaired) electrons. The summed E-state index contributed by atoms with van der Waals surface area (Å²) in [6.45, 7) is 6.99. The fourth-order valence-corrected chi connectivity index (χ4v) is 2.63. The highest BCUT2D eigenvalue weighted by Crippen LogP contribution is 2.44. The first-order chi connectivity index (χ1) is 7.51. The predicted octanol–water partition coefficient (Wildman–Crippen LogP) is 2.10. The van der Waals surface area contributed by atoms with E-state index < -0.39 is 0 Å². The Morgan fingerprint density at radius 3 is 2.56 bits per heavy atom. The maximum atomic E-state index is 10.3. The van der Waals surface area contributed by atoms with Crippen LogP contribution in [0.15, 0.2) is 9.98 Å². The molecule has 0 spiro atoms. The first-order valence-corrected chi connectivity index (χ1v) is 5.62. The lowest BCUT2D eigenvalue weighted by Gasteiger charge is -2.43. The third-order valence-electron chi connectivity index (χ3n) is 3.90. The Morgan fingerprint density at radius 2 is 2.00 bits per heavy atom. The molecule has 0 amide bonds. The molecule has 1 aliphatic carbocycles. The molecule has 3 atom stereocenters. The van der Waals surface area contributed by atoms with Gasteiger partial charge in [0.25, 0.3) is 0 Å². The SMILES string of the molecule is CC1C(CN=C=O)CC(N=C=O)CC1(C)C. The first kappa shape index (κ1) is 12.8. The molecule has 16 heavy (non-hydrogen) atoms. The van der Waals surface area contributed by atoms with Crippen LogP contribution in [0.25, 0.3) is 0 Å². The van der Waals surface area contributed by atoms with E-state index >= 15 is 0 Å². The minimum Gasteiger partial charge on any atom is -0.211 e. The summed E-state index contributed by atoms with van der Waals surface area (Å²) in [6, 6.07) is 0.0237. The van der Waals surface area contributed by atoms with Gasteiger partial charge in [0.1, 0.15) is 0 Å². The molecule has 0 aromatic carbocycles. The molecule has 4 heteroatoms. The van der Waals surface area contributed by atoms with Crippen LogP contribution in [0.1, 0.15) is 33.6 Å². The highest BCUT2D eigenvalue weighted by atomic mass is 16.1. The lowest BCUT2D eigenvalue weighted by Crippen LogP contribution is -2.40. The van der Waals surface area contributed by atoms with Crippen molar-refractivity contribution < 1.29 is 9.59 Å². The van der Waals surface area contributed by atoms with Crippen LogP contribution >= 0.6 is 0 Å². The maximum absolute atomic E-state index is 10.3. The van der Waals surface area contributed by atoms with Crippen LogP contribution in [0.3, 0.4) is 0 Å². The lowest BCUT2D eigenvalue weighted by atomic mass is 9.63. The van der Waals surface area contributed by atoms with Crippen molar-refractivity contribution in [1.82, 2.24) is 0 Å². The van der Waals surface area contributed by atoms with Gasteiger partial charge in [-0.05, 0) is 30.1 Å². The van der Waals surface area contributed by atoms with Crippen molar-refractivity contribution >= 4 is 12.2 Å². The second-order valence-corrected chi connectivity index (χ2v) is 5.28. The molecule has 0 saturated heterocycles. The van der Waals surface area contributed by atoms with Crippen molar-refractivity contribution in [1.29, 1.82) is 0 Å². The van der Waals surface area contributed by atoms with Gasteiger partial charge in [0.2, 0.25) is 12.2 Å². The van der Waals surface area contributed by atoms with Crippen LogP contribution in [0.4, 0.5) is 0 Å². The number of carbonyl (C=O) groups excluding carboxylic acids is 2. The predicted molar refractivity (Wildman–Crippen MR) is 60.6 cm³/mol. The van der Waals surface area contributed by atoms with Crippen molar-refractivity contribution in [2.45, 2.75) is 39.7 Å². The highest BCUT2D eigenvalue weighted by molar-refractivity contribution is 5.34.